The zero-order chi connectivity index (χ0) is 12.4. The summed E-state index contributed by atoms with van der Waals surface area (Å²) in [4.78, 5) is 12.2. The molecule has 2 aliphatic rings. The fourth-order valence-electron chi connectivity index (χ4n) is 2.58. The van der Waals surface area contributed by atoms with Crippen LogP contribution in [0.15, 0.2) is 24.3 Å². The largest absolute Gasteiger partial charge is 0.367 e. The van der Waals surface area contributed by atoms with Gasteiger partial charge in [-0.3, -0.25) is 4.79 Å². The third-order valence-corrected chi connectivity index (χ3v) is 3.99. The van der Waals surface area contributed by atoms with Gasteiger partial charge in [-0.15, -0.1) is 0 Å². The molecule has 1 aromatic rings. The van der Waals surface area contributed by atoms with Crippen LogP contribution in [0.25, 0.3) is 0 Å². The summed E-state index contributed by atoms with van der Waals surface area (Å²) in [5.41, 5.74) is 2.15. The maximum Gasteiger partial charge on any atom is 0.192 e. The molecule has 1 saturated heterocycles. The topological polar surface area (TPSA) is 38.3 Å². The van der Waals surface area contributed by atoms with Crippen molar-refractivity contribution in [1.82, 2.24) is 5.32 Å². The SMILES string of the molecule is O=C(c1ccc(C2CCC2)cc1)C1CNCCO1. The lowest BCUT2D eigenvalue weighted by Gasteiger charge is -2.26. The summed E-state index contributed by atoms with van der Waals surface area (Å²) in [6.07, 6.45) is 3.62. The molecule has 3 rings (SSSR count). The monoisotopic (exact) mass is 245 g/mol. The summed E-state index contributed by atoms with van der Waals surface area (Å²) in [5.74, 6) is 0.823. The first-order valence-corrected chi connectivity index (χ1v) is 6.81. The summed E-state index contributed by atoms with van der Waals surface area (Å²) in [7, 11) is 0. The van der Waals surface area contributed by atoms with Gasteiger partial charge >= 0.3 is 0 Å². The van der Waals surface area contributed by atoms with Crippen molar-refractivity contribution in [3.63, 3.8) is 0 Å². The van der Waals surface area contributed by atoms with Gasteiger partial charge in [-0.25, -0.2) is 0 Å². The van der Waals surface area contributed by atoms with E-state index in [1.54, 1.807) is 0 Å². The van der Waals surface area contributed by atoms with E-state index in [1.165, 1.54) is 24.8 Å². The number of morpholine rings is 1. The highest BCUT2D eigenvalue weighted by Gasteiger charge is 2.24. The van der Waals surface area contributed by atoms with Gasteiger partial charge in [0.2, 0.25) is 0 Å². The summed E-state index contributed by atoms with van der Waals surface area (Å²) >= 11 is 0. The molecule has 3 heteroatoms. The Hall–Kier alpha value is -1.19. The van der Waals surface area contributed by atoms with Crippen LogP contribution in [0.5, 0.6) is 0 Å². The highest BCUT2D eigenvalue weighted by Crippen LogP contribution is 2.36. The second-order valence-electron chi connectivity index (χ2n) is 5.18. The van der Waals surface area contributed by atoms with Gasteiger partial charge in [0.05, 0.1) is 6.61 Å². The molecule has 1 saturated carbocycles. The molecule has 1 unspecified atom stereocenters. The van der Waals surface area contributed by atoms with Crippen molar-refractivity contribution in [1.29, 1.82) is 0 Å². The molecule has 1 atom stereocenters. The van der Waals surface area contributed by atoms with Crippen LogP contribution in [0, 0.1) is 0 Å². The maximum absolute atomic E-state index is 12.2. The lowest BCUT2D eigenvalue weighted by molar-refractivity contribution is 0.0269. The van der Waals surface area contributed by atoms with E-state index in [0.29, 0.717) is 13.2 Å². The van der Waals surface area contributed by atoms with Crippen LogP contribution in [0.2, 0.25) is 0 Å². The molecule has 1 heterocycles. The van der Waals surface area contributed by atoms with E-state index < -0.39 is 0 Å². The summed E-state index contributed by atoms with van der Waals surface area (Å²) in [6, 6.07) is 8.11. The Bertz CT molecular complexity index is 417. The van der Waals surface area contributed by atoms with Gasteiger partial charge in [0.25, 0.3) is 0 Å². The molecule has 0 bridgehead atoms. The number of carbonyl (C=O) groups is 1. The molecular weight excluding hydrogens is 226 g/mol. The third kappa shape index (κ3) is 2.33. The smallest absolute Gasteiger partial charge is 0.192 e. The van der Waals surface area contributed by atoms with Gasteiger partial charge in [-0.05, 0) is 24.3 Å². The molecule has 96 valence electrons. The highest BCUT2D eigenvalue weighted by molar-refractivity contribution is 5.99. The van der Waals surface area contributed by atoms with E-state index in [4.69, 9.17) is 4.74 Å². The predicted octanol–water partition coefficient (Wildman–Crippen LogP) is 2.13. The molecule has 1 N–H and O–H groups in total. The average Bonchev–Trinajstić information content (AvgIpc) is 2.38. The summed E-state index contributed by atoms with van der Waals surface area (Å²) < 4.78 is 5.49. The lowest BCUT2D eigenvalue weighted by Crippen LogP contribution is -2.43. The fraction of sp³-hybridized carbons (Fsp3) is 0.533. The number of hydrogen-bond acceptors (Lipinski definition) is 3. The molecule has 18 heavy (non-hydrogen) atoms. The number of benzene rings is 1. The lowest BCUT2D eigenvalue weighted by atomic mass is 9.80. The Morgan fingerprint density at radius 2 is 2.00 bits per heavy atom. The third-order valence-electron chi connectivity index (χ3n) is 3.99. The van der Waals surface area contributed by atoms with Gasteiger partial charge in [-0.2, -0.15) is 0 Å². The van der Waals surface area contributed by atoms with Crippen molar-refractivity contribution in [2.75, 3.05) is 19.7 Å². The zero-order valence-electron chi connectivity index (χ0n) is 10.5. The molecule has 3 nitrogen and oxygen atoms in total. The minimum atomic E-state index is -0.312. The van der Waals surface area contributed by atoms with E-state index in [-0.39, 0.29) is 11.9 Å². The summed E-state index contributed by atoms with van der Waals surface area (Å²) in [6.45, 7) is 2.09. The number of nitrogens with one attached hydrogen (secondary N) is 1. The van der Waals surface area contributed by atoms with E-state index in [2.05, 4.69) is 17.4 Å². The van der Waals surface area contributed by atoms with Crippen LogP contribution in [0.4, 0.5) is 0 Å². The Morgan fingerprint density at radius 1 is 1.22 bits per heavy atom. The predicted molar refractivity (Wildman–Crippen MR) is 70.0 cm³/mol. The first-order chi connectivity index (χ1) is 8.84. The second-order valence-corrected chi connectivity index (χ2v) is 5.18. The van der Waals surface area contributed by atoms with Gasteiger partial charge in [0.15, 0.2) is 5.78 Å². The van der Waals surface area contributed by atoms with Crippen LogP contribution in [0.3, 0.4) is 0 Å². The van der Waals surface area contributed by atoms with Crippen molar-refractivity contribution in [3.8, 4) is 0 Å². The number of ketones is 1. The van der Waals surface area contributed by atoms with E-state index in [0.717, 1.165) is 18.0 Å². The zero-order valence-corrected chi connectivity index (χ0v) is 10.5. The fourth-order valence-corrected chi connectivity index (χ4v) is 2.58. The van der Waals surface area contributed by atoms with Crippen molar-refractivity contribution in [3.05, 3.63) is 35.4 Å². The van der Waals surface area contributed by atoms with Crippen LogP contribution in [-0.2, 0) is 4.74 Å². The minimum absolute atomic E-state index is 0.0994. The number of carbonyl (C=O) groups excluding carboxylic acids is 1. The standard InChI is InChI=1S/C15H19NO2/c17-15(14-10-16-8-9-18-14)13-6-4-12(5-7-13)11-2-1-3-11/h4-7,11,14,16H,1-3,8-10H2. The van der Waals surface area contributed by atoms with Crippen molar-refractivity contribution in [2.45, 2.75) is 31.3 Å². The van der Waals surface area contributed by atoms with E-state index >= 15 is 0 Å². The quantitative estimate of drug-likeness (QED) is 0.829. The van der Waals surface area contributed by atoms with E-state index in [1.807, 2.05) is 12.1 Å². The van der Waals surface area contributed by atoms with Crippen LogP contribution in [-0.4, -0.2) is 31.6 Å². The van der Waals surface area contributed by atoms with Gasteiger partial charge < -0.3 is 10.1 Å². The molecule has 0 aromatic heterocycles. The van der Waals surface area contributed by atoms with Crippen LogP contribution in [0.1, 0.15) is 41.1 Å². The molecule has 0 amide bonds. The molecule has 1 aromatic carbocycles. The first-order valence-electron chi connectivity index (χ1n) is 6.81. The highest BCUT2D eigenvalue weighted by atomic mass is 16.5. The first kappa shape index (κ1) is 11.9. The Labute approximate surface area is 108 Å². The van der Waals surface area contributed by atoms with Gasteiger partial charge in [-0.1, -0.05) is 30.7 Å². The number of Topliss-reactive ketones (excluding diaryl/α,β-unsaturated/α-hetero) is 1. The molecule has 1 aliphatic heterocycles. The average molecular weight is 245 g/mol. The van der Waals surface area contributed by atoms with Crippen LogP contribution >= 0.6 is 0 Å². The summed E-state index contributed by atoms with van der Waals surface area (Å²) in [5, 5.41) is 3.19. The molecule has 1 aliphatic carbocycles. The second kappa shape index (κ2) is 5.21. The van der Waals surface area contributed by atoms with E-state index in [9.17, 15) is 4.79 Å². The number of rotatable bonds is 3. The molecule has 2 fully saturated rings. The number of hydrogen-bond donors (Lipinski definition) is 1. The normalized spacial score (nSPS) is 24.6. The molecular formula is C15H19NO2. The number of ether oxygens (including phenoxy) is 1. The Kier molecular flexibility index (Phi) is 3.43. The molecule has 0 spiro atoms. The van der Waals surface area contributed by atoms with Crippen molar-refractivity contribution in [2.24, 2.45) is 0 Å². The van der Waals surface area contributed by atoms with Crippen molar-refractivity contribution < 1.29 is 9.53 Å². The maximum atomic E-state index is 12.2. The van der Waals surface area contributed by atoms with Gasteiger partial charge in [0.1, 0.15) is 6.10 Å². The minimum Gasteiger partial charge on any atom is -0.367 e. The Morgan fingerprint density at radius 3 is 2.56 bits per heavy atom. The van der Waals surface area contributed by atoms with Gasteiger partial charge in [0, 0.05) is 18.7 Å². The van der Waals surface area contributed by atoms with Crippen molar-refractivity contribution >= 4 is 5.78 Å². The Balaban J connectivity index is 1.69. The molecule has 0 radical (unpaired) electrons. The van der Waals surface area contributed by atoms with Crippen LogP contribution < -0.4 is 5.32 Å².